The van der Waals surface area contributed by atoms with E-state index in [0.29, 0.717) is 0 Å². The van der Waals surface area contributed by atoms with Gasteiger partial charge < -0.3 is 0 Å². The Bertz CT molecular complexity index is 546. The average Bonchev–Trinajstić information content (AvgIpc) is 2.51. The lowest BCUT2D eigenvalue weighted by molar-refractivity contribution is 0.842. The van der Waals surface area contributed by atoms with Gasteiger partial charge in [-0.1, -0.05) is 84.0 Å². The Balaban J connectivity index is 1.64. The van der Waals surface area contributed by atoms with E-state index in [1.165, 1.54) is 24.0 Å². The van der Waals surface area contributed by atoms with E-state index >= 15 is 0 Å². The normalized spacial score (nSPS) is 14.6. The van der Waals surface area contributed by atoms with Gasteiger partial charge in [-0.15, -0.1) is 0 Å². The van der Waals surface area contributed by atoms with Crippen LogP contribution in [0.25, 0.3) is 0 Å². The lowest BCUT2D eigenvalue weighted by atomic mass is 9.91. The Hall–Kier alpha value is -2.08. The van der Waals surface area contributed by atoms with E-state index in [1.807, 2.05) is 0 Å². The summed E-state index contributed by atoms with van der Waals surface area (Å²) in [7, 11) is 0. The minimum atomic E-state index is 1.09. The molecule has 1 aliphatic carbocycles. The van der Waals surface area contributed by atoms with Gasteiger partial charge in [0.2, 0.25) is 0 Å². The first kappa shape index (κ1) is 12.9. The predicted molar refractivity (Wildman–Crippen MR) is 85.7 cm³/mol. The van der Waals surface area contributed by atoms with E-state index in [4.69, 9.17) is 0 Å². The maximum atomic E-state index is 2.33. The predicted octanol–water partition coefficient (Wildman–Crippen LogP) is 5.12. The molecular weight excluding hydrogens is 240 g/mol. The van der Waals surface area contributed by atoms with Crippen LogP contribution in [-0.2, 0) is 12.8 Å². The third kappa shape index (κ3) is 3.48. The van der Waals surface area contributed by atoms with Crippen LogP contribution in [0.15, 0.2) is 84.0 Å². The van der Waals surface area contributed by atoms with Crippen molar-refractivity contribution in [3.05, 3.63) is 95.1 Å². The highest BCUT2D eigenvalue weighted by atomic mass is 14.1. The van der Waals surface area contributed by atoms with Crippen LogP contribution < -0.4 is 0 Å². The van der Waals surface area contributed by atoms with E-state index in [-0.39, 0.29) is 0 Å². The summed E-state index contributed by atoms with van der Waals surface area (Å²) in [5.41, 5.74) is 5.93. The van der Waals surface area contributed by atoms with Crippen LogP contribution in [-0.4, -0.2) is 0 Å². The van der Waals surface area contributed by atoms with Gasteiger partial charge in [-0.2, -0.15) is 0 Å². The van der Waals surface area contributed by atoms with Crippen molar-refractivity contribution in [1.82, 2.24) is 0 Å². The SMILES string of the molecule is C1=C(Cc2ccccc2)CCC(Cc2ccccc2)=C1. The zero-order chi connectivity index (χ0) is 13.6. The molecule has 0 nitrogen and oxygen atoms in total. The highest BCUT2D eigenvalue weighted by Gasteiger charge is 2.07. The molecule has 0 bridgehead atoms. The largest absolute Gasteiger partial charge is 0.0655 e. The zero-order valence-corrected chi connectivity index (χ0v) is 11.8. The van der Waals surface area contributed by atoms with Gasteiger partial charge in [-0.05, 0) is 36.8 Å². The molecule has 0 atom stereocenters. The molecule has 0 heterocycles. The topological polar surface area (TPSA) is 0 Å². The molecule has 2 aromatic rings. The van der Waals surface area contributed by atoms with Gasteiger partial charge in [-0.25, -0.2) is 0 Å². The molecule has 100 valence electrons. The Morgan fingerprint density at radius 1 is 0.550 bits per heavy atom. The molecule has 2 aromatic carbocycles. The van der Waals surface area contributed by atoms with Crippen molar-refractivity contribution in [2.24, 2.45) is 0 Å². The molecule has 0 fully saturated rings. The van der Waals surface area contributed by atoms with Gasteiger partial charge in [0.25, 0.3) is 0 Å². The van der Waals surface area contributed by atoms with Crippen molar-refractivity contribution in [2.45, 2.75) is 25.7 Å². The van der Waals surface area contributed by atoms with Crippen LogP contribution >= 0.6 is 0 Å². The van der Waals surface area contributed by atoms with Crippen LogP contribution in [0.5, 0.6) is 0 Å². The monoisotopic (exact) mass is 260 g/mol. The molecule has 0 radical (unpaired) electrons. The maximum absolute atomic E-state index is 2.33. The molecule has 0 unspecified atom stereocenters. The van der Waals surface area contributed by atoms with E-state index in [1.54, 1.807) is 11.1 Å². The van der Waals surface area contributed by atoms with Crippen molar-refractivity contribution in [2.75, 3.05) is 0 Å². The van der Waals surface area contributed by atoms with Gasteiger partial charge in [0.05, 0.1) is 0 Å². The van der Waals surface area contributed by atoms with E-state index in [9.17, 15) is 0 Å². The summed E-state index contributed by atoms with van der Waals surface area (Å²) in [6.07, 6.45) is 9.25. The van der Waals surface area contributed by atoms with E-state index in [2.05, 4.69) is 72.8 Å². The molecule has 20 heavy (non-hydrogen) atoms. The first-order valence-corrected chi connectivity index (χ1v) is 7.35. The van der Waals surface area contributed by atoms with Crippen LogP contribution in [0.2, 0.25) is 0 Å². The maximum Gasteiger partial charge on any atom is -0.00639 e. The zero-order valence-electron chi connectivity index (χ0n) is 11.8. The highest BCUT2D eigenvalue weighted by molar-refractivity contribution is 5.32. The molecule has 0 aliphatic heterocycles. The molecule has 0 N–H and O–H groups in total. The van der Waals surface area contributed by atoms with E-state index in [0.717, 1.165) is 12.8 Å². The second kappa shape index (κ2) is 6.38. The molecule has 0 saturated heterocycles. The van der Waals surface area contributed by atoms with Gasteiger partial charge in [-0.3, -0.25) is 0 Å². The molecule has 0 amide bonds. The van der Waals surface area contributed by atoms with Crippen LogP contribution in [0.1, 0.15) is 24.0 Å². The fourth-order valence-corrected chi connectivity index (χ4v) is 2.73. The fourth-order valence-electron chi connectivity index (χ4n) is 2.73. The Labute approximate surface area is 121 Å². The summed E-state index contributed by atoms with van der Waals surface area (Å²) in [6.45, 7) is 0. The van der Waals surface area contributed by atoms with Gasteiger partial charge in [0.15, 0.2) is 0 Å². The number of rotatable bonds is 4. The standard InChI is InChI=1S/C20H20/c1-3-7-17(8-4-1)15-19-11-13-20(14-12-19)16-18-9-5-2-6-10-18/h1-11,13H,12,14-16H2. The highest BCUT2D eigenvalue weighted by Crippen LogP contribution is 2.24. The lowest BCUT2D eigenvalue weighted by Gasteiger charge is -2.15. The summed E-state index contributed by atoms with van der Waals surface area (Å²) in [4.78, 5) is 0. The number of hydrogen-bond acceptors (Lipinski definition) is 0. The second-order valence-electron chi connectivity index (χ2n) is 5.47. The Morgan fingerprint density at radius 2 is 0.950 bits per heavy atom. The first-order chi connectivity index (χ1) is 9.90. The quantitative estimate of drug-likeness (QED) is 0.716. The average molecular weight is 260 g/mol. The smallest absolute Gasteiger partial charge is 0.00639 e. The third-order valence-electron chi connectivity index (χ3n) is 3.87. The number of hydrogen-bond donors (Lipinski definition) is 0. The summed E-state index contributed by atoms with van der Waals surface area (Å²) in [6, 6.07) is 21.5. The molecule has 3 rings (SSSR count). The molecule has 0 heteroatoms. The third-order valence-corrected chi connectivity index (χ3v) is 3.87. The van der Waals surface area contributed by atoms with Crippen LogP contribution in [0, 0.1) is 0 Å². The second-order valence-corrected chi connectivity index (χ2v) is 5.47. The Kier molecular flexibility index (Phi) is 4.13. The summed E-state index contributed by atoms with van der Waals surface area (Å²) in [5, 5.41) is 0. The fraction of sp³-hybridized carbons (Fsp3) is 0.200. The van der Waals surface area contributed by atoms with Crippen molar-refractivity contribution >= 4 is 0 Å². The van der Waals surface area contributed by atoms with Crippen molar-refractivity contribution in [3.8, 4) is 0 Å². The summed E-state index contributed by atoms with van der Waals surface area (Å²) < 4.78 is 0. The lowest BCUT2D eigenvalue weighted by Crippen LogP contribution is -1.99. The van der Waals surface area contributed by atoms with Gasteiger partial charge >= 0.3 is 0 Å². The Morgan fingerprint density at radius 3 is 1.30 bits per heavy atom. The summed E-state index contributed by atoms with van der Waals surface area (Å²) in [5.74, 6) is 0. The molecule has 0 spiro atoms. The van der Waals surface area contributed by atoms with Crippen LogP contribution in [0.4, 0.5) is 0 Å². The van der Waals surface area contributed by atoms with Crippen molar-refractivity contribution in [1.29, 1.82) is 0 Å². The number of benzene rings is 2. The van der Waals surface area contributed by atoms with Gasteiger partial charge in [0.1, 0.15) is 0 Å². The van der Waals surface area contributed by atoms with Gasteiger partial charge in [0, 0.05) is 0 Å². The molecular formula is C20H20. The minimum Gasteiger partial charge on any atom is -0.0655 e. The van der Waals surface area contributed by atoms with Crippen molar-refractivity contribution < 1.29 is 0 Å². The molecule has 0 aromatic heterocycles. The molecule has 0 saturated carbocycles. The van der Waals surface area contributed by atoms with Crippen molar-refractivity contribution in [3.63, 3.8) is 0 Å². The molecule has 1 aliphatic rings. The first-order valence-electron chi connectivity index (χ1n) is 7.35. The van der Waals surface area contributed by atoms with Crippen LogP contribution in [0.3, 0.4) is 0 Å². The summed E-state index contributed by atoms with van der Waals surface area (Å²) >= 11 is 0. The van der Waals surface area contributed by atoms with E-state index < -0.39 is 0 Å². The minimum absolute atomic E-state index is 1.09. The number of allylic oxidation sites excluding steroid dienone is 4.